The van der Waals surface area contributed by atoms with Crippen LogP contribution in [0.4, 0.5) is 0 Å². The maximum atomic E-state index is 12.6. The summed E-state index contributed by atoms with van der Waals surface area (Å²) in [5.74, 6) is 1.13. The third kappa shape index (κ3) is 3.63. The van der Waals surface area contributed by atoms with Gasteiger partial charge in [-0.05, 0) is 30.3 Å². The van der Waals surface area contributed by atoms with Crippen LogP contribution in [-0.2, 0) is 4.74 Å². The lowest BCUT2D eigenvalue weighted by Gasteiger charge is -2.34. The number of ether oxygens (including phenoxy) is 3. The van der Waals surface area contributed by atoms with Gasteiger partial charge in [0.1, 0.15) is 0 Å². The average molecular weight is 355 g/mol. The average Bonchev–Trinajstić information content (AvgIpc) is 3.17. The van der Waals surface area contributed by atoms with Gasteiger partial charge < -0.3 is 19.5 Å². The highest BCUT2D eigenvalue weighted by molar-refractivity contribution is 5.94. The van der Waals surface area contributed by atoms with Crippen molar-refractivity contribution in [2.45, 2.75) is 6.04 Å². The quantitative estimate of drug-likeness (QED) is 0.879. The van der Waals surface area contributed by atoms with Crippen molar-refractivity contribution in [3.8, 4) is 11.5 Å². The first kappa shape index (κ1) is 16.8. The number of pyridine rings is 1. The zero-order chi connectivity index (χ0) is 17.8. The van der Waals surface area contributed by atoms with Gasteiger partial charge in [-0.25, -0.2) is 0 Å². The van der Waals surface area contributed by atoms with Gasteiger partial charge in [0.2, 0.25) is 6.79 Å². The molecule has 4 rings (SSSR count). The molecule has 2 aliphatic rings. The number of benzene rings is 1. The van der Waals surface area contributed by atoms with Gasteiger partial charge in [-0.15, -0.1) is 0 Å². The largest absolute Gasteiger partial charge is 0.454 e. The summed E-state index contributed by atoms with van der Waals surface area (Å²) in [5, 5.41) is 3.03. The summed E-state index contributed by atoms with van der Waals surface area (Å²) < 4.78 is 16.1. The molecule has 1 aromatic carbocycles. The molecule has 1 saturated heterocycles. The number of hydrogen-bond donors (Lipinski definition) is 1. The number of nitrogens with one attached hydrogen (secondary N) is 1. The third-order valence-corrected chi connectivity index (χ3v) is 4.61. The number of rotatable bonds is 5. The van der Waals surface area contributed by atoms with E-state index >= 15 is 0 Å². The van der Waals surface area contributed by atoms with E-state index in [-0.39, 0.29) is 18.7 Å². The van der Waals surface area contributed by atoms with Crippen LogP contribution in [-0.4, -0.2) is 55.4 Å². The number of aromatic nitrogens is 1. The summed E-state index contributed by atoms with van der Waals surface area (Å²) in [6.45, 7) is 3.70. The summed E-state index contributed by atoms with van der Waals surface area (Å²) in [5.41, 5.74) is 1.50. The number of amides is 1. The van der Waals surface area contributed by atoms with Crippen molar-refractivity contribution in [2.24, 2.45) is 0 Å². The molecule has 136 valence electrons. The molecule has 1 aromatic heterocycles. The van der Waals surface area contributed by atoms with Crippen LogP contribution in [0.25, 0.3) is 0 Å². The van der Waals surface area contributed by atoms with E-state index in [9.17, 15) is 4.79 Å². The highest BCUT2D eigenvalue weighted by Gasteiger charge is 2.24. The maximum absolute atomic E-state index is 12.6. The Bertz CT molecular complexity index is 763. The number of morpholine rings is 1. The van der Waals surface area contributed by atoms with Crippen molar-refractivity contribution in [3.63, 3.8) is 0 Å². The Balaban J connectivity index is 1.46. The summed E-state index contributed by atoms with van der Waals surface area (Å²) in [4.78, 5) is 19.4. The van der Waals surface area contributed by atoms with Crippen molar-refractivity contribution in [2.75, 3.05) is 39.6 Å². The lowest BCUT2D eigenvalue weighted by atomic mass is 10.1. The van der Waals surface area contributed by atoms with Gasteiger partial charge in [-0.2, -0.15) is 0 Å². The van der Waals surface area contributed by atoms with Gasteiger partial charge in [-0.1, -0.05) is 6.07 Å². The van der Waals surface area contributed by atoms with Crippen molar-refractivity contribution in [1.82, 2.24) is 15.2 Å². The molecule has 2 aromatic rings. The standard InChI is InChI=1S/C19H21N3O4/c23-19(14-4-5-17-18(11-14)26-13-25-17)21-12-16(15-3-1-2-6-20-15)22-7-9-24-10-8-22/h1-6,11,16H,7-10,12-13H2,(H,21,23)/t16-/m1/s1. The van der Waals surface area contributed by atoms with Crippen LogP contribution < -0.4 is 14.8 Å². The Kier molecular flexibility index (Phi) is 4.99. The zero-order valence-corrected chi connectivity index (χ0v) is 14.4. The number of carbonyl (C=O) groups is 1. The van der Waals surface area contributed by atoms with Gasteiger partial charge >= 0.3 is 0 Å². The van der Waals surface area contributed by atoms with Crippen LogP contribution in [0, 0.1) is 0 Å². The molecule has 7 nitrogen and oxygen atoms in total. The SMILES string of the molecule is O=C(NC[C@H](c1ccccn1)N1CCOCC1)c1ccc2c(c1)OCO2. The lowest BCUT2D eigenvalue weighted by Crippen LogP contribution is -2.44. The second kappa shape index (κ2) is 7.72. The Hall–Kier alpha value is -2.64. The predicted molar refractivity (Wildman–Crippen MR) is 94.3 cm³/mol. The van der Waals surface area contributed by atoms with E-state index in [1.54, 1.807) is 24.4 Å². The molecule has 1 amide bonds. The number of carbonyl (C=O) groups excluding carboxylic acids is 1. The number of fused-ring (bicyclic) bond motifs is 1. The topological polar surface area (TPSA) is 72.9 Å². The van der Waals surface area contributed by atoms with Gasteiger partial charge in [0.05, 0.1) is 24.9 Å². The molecule has 7 heteroatoms. The van der Waals surface area contributed by atoms with Crippen molar-refractivity contribution in [1.29, 1.82) is 0 Å². The van der Waals surface area contributed by atoms with Crippen LogP contribution in [0.1, 0.15) is 22.1 Å². The minimum Gasteiger partial charge on any atom is -0.454 e. The van der Waals surface area contributed by atoms with E-state index in [4.69, 9.17) is 14.2 Å². The fourth-order valence-electron chi connectivity index (χ4n) is 3.21. The normalized spacial score (nSPS) is 17.7. The van der Waals surface area contributed by atoms with E-state index in [0.29, 0.717) is 36.8 Å². The number of hydrogen-bond acceptors (Lipinski definition) is 6. The van der Waals surface area contributed by atoms with Gasteiger partial charge in [-0.3, -0.25) is 14.7 Å². The molecule has 0 saturated carbocycles. The molecule has 0 aliphatic carbocycles. The summed E-state index contributed by atoms with van der Waals surface area (Å²) in [6, 6.07) is 11.1. The molecule has 0 spiro atoms. The maximum Gasteiger partial charge on any atom is 0.251 e. The minimum atomic E-state index is -0.141. The molecule has 3 heterocycles. The van der Waals surface area contributed by atoms with Gasteiger partial charge in [0, 0.05) is 31.4 Å². The van der Waals surface area contributed by atoms with Crippen LogP contribution in [0.3, 0.4) is 0 Å². The molecule has 0 radical (unpaired) electrons. The fraction of sp³-hybridized carbons (Fsp3) is 0.368. The molecule has 0 bridgehead atoms. The molecule has 0 unspecified atom stereocenters. The Labute approximate surface area is 151 Å². The first-order valence-electron chi connectivity index (χ1n) is 8.72. The van der Waals surface area contributed by atoms with Crippen LogP contribution in [0.2, 0.25) is 0 Å². The molecule has 1 atom stereocenters. The van der Waals surface area contributed by atoms with Crippen molar-refractivity contribution >= 4 is 5.91 Å². The summed E-state index contributed by atoms with van der Waals surface area (Å²) in [7, 11) is 0. The third-order valence-electron chi connectivity index (χ3n) is 4.61. The smallest absolute Gasteiger partial charge is 0.251 e. The van der Waals surface area contributed by atoms with Crippen molar-refractivity contribution in [3.05, 3.63) is 53.9 Å². The lowest BCUT2D eigenvalue weighted by molar-refractivity contribution is 0.0154. The Morgan fingerprint density at radius 3 is 2.81 bits per heavy atom. The van der Waals surface area contributed by atoms with E-state index in [1.165, 1.54) is 0 Å². The van der Waals surface area contributed by atoms with E-state index in [2.05, 4.69) is 15.2 Å². The van der Waals surface area contributed by atoms with Crippen LogP contribution >= 0.6 is 0 Å². The molecule has 1 fully saturated rings. The van der Waals surface area contributed by atoms with E-state index < -0.39 is 0 Å². The predicted octanol–water partition coefficient (Wildman–Crippen LogP) is 1.61. The highest BCUT2D eigenvalue weighted by atomic mass is 16.7. The molecular formula is C19H21N3O4. The van der Waals surface area contributed by atoms with Gasteiger partial charge in [0.15, 0.2) is 11.5 Å². The molecule has 1 N–H and O–H groups in total. The molecule has 26 heavy (non-hydrogen) atoms. The van der Waals surface area contributed by atoms with Crippen molar-refractivity contribution < 1.29 is 19.0 Å². The second-order valence-corrected chi connectivity index (χ2v) is 6.20. The number of nitrogens with zero attached hydrogens (tertiary/aromatic N) is 2. The second-order valence-electron chi connectivity index (χ2n) is 6.20. The minimum absolute atomic E-state index is 0.0121. The van der Waals surface area contributed by atoms with E-state index in [1.807, 2.05) is 18.2 Å². The van der Waals surface area contributed by atoms with Gasteiger partial charge in [0.25, 0.3) is 5.91 Å². The monoisotopic (exact) mass is 355 g/mol. The highest BCUT2D eigenvalue weighted by Crippen LogP contribution is 2.32. The van der Waals surface area contributed by atoms with Crippen LogP contribution in [0.15, 0.2) is 42.6 Å². The molecular weight excluding hydrogens is 334 g/mol. The fourth-order valence-corrected chi connectivity index (χ4v) is 3.21. The Morgan fingerprint density at radius 1 is 1.15 bits per heavy atom. The molecule has 2 aliphatic heterocycles. The summed E-state index contributed by atoms with van der Waals surface area (Å²) in [6.07, 6.45) is 1.78. The summed E-state index contributed by atoms with van der Waals surface area (Å²) >= 11 is 0. The first-order valence-corrected chi connectivity index (χ1v) is 8.72. The zero-order valence-electron chi connectivity index (χ0n) is 14.4. The van der Waals surface area contributed by atoms with Crippen LogP contribution in [0.5, 0.6) is 11.5 Å². The Morgan fingerprint density at radius 2 is 2.00 bits per heavy atom. The van der Waals surface area contributed by atoms with E-state index in [0.717, 1.165) is 18.8 Å². The first-order chi connectivity index (χ1) is 12.8.